The van der Waals surface area contributed by atoms with E-state index < -0.39 is 0 Å². The summed E-state index contributed by atoms with van der Waals surface area (Å²) in [5.74, 6) is 0.398. The molecule has 94 valence electrons. The van der Waals surface area contributed by atoms with Crippen LogP contribution in [-0.2, 0) is 6.54 Å². The largest absolute Gasteiger partial charge is 0.508 e. The summed E-state index contributed by atoms with van der Waals surface area (Å²) in [5.41, 5.74) is 2.20. The van der Waals surface area contributed by atoms with Crippen molar-refractivity contribution in [2.24, 2.45) is 0 Å². The molecule has 2 N–H and O–H groups in total. The highest BCUT2D eigenvalue weighted by molar-refractivity contribution is 8.00. The number of phenols is 1. The summed E-state index contributed by atoms with van der Waals surface area (Å²) < 4.78 is 0.458. The lowest BCUT2D eigenvalue weighted by atomic mass is 9.84. The van der Waals surface area contributed by atoms with Gasteiger partial charge in [-0.25, -0.2) is 0 Å². The van der Waals surface area contributed by atoms with Crippen molar-refractivity contribution in [2.45, 2.75) is 37.5 Å². The summed E-state index contributed by atoms with van der Waals surface area (Å²) in [6.07, 6.45) is 6.20. The minimum absolute atomic E-state index is 0.398. The van der Waals surface area contributed by atoms with Crippen LogP contribution >= 0.6 is 11.8 Å². The lowest BCUT2D eigenvalue weighted by Crippen LogP contribution is -2.43. The van der Waals surface area contributed by atoms with E-state index in [1.165, 1.54) is 24.8 Å². The molecule has 0 aromatic heterocycles. The summed E-state index contributed by atoms with van der Waals surface area (Å²) in [6.45, 7) is 3.86. The lowest BCUT2D eigenvalue weighted by molar-refractivity contribution is 0.344. The van der Waals surface area contributed by atoms with Crippen molar-refractivity contribution in [1.29, 1.82) is 0 Å². The molecule has 0 radical (unpaired) electrons. The highest BCUT2D eigenvalue weighted by atomic mass is 32.2. The summed E-state index contributed by atoms with van der Waals surface area (Å²) in [5, 5.41) is 13.2. The van der Waals surface area contributed by atoms with Crippen LogP contribution in [-0.4, -0.2) is 22.7 Å². The Morgan fingerprint density at radius 1 is 1.41 bits per heavy atom. The molecular weight excluding hydrogens is 230 g/mol. The van der Waals surface area contributed by atoms with Crippen LogP contribution in [0.1, 0.15) is 30.4 Å². The van der Waals surface area contributed by atoms with Crippen LogP contribution in [0.15, 0.2) is 18.2 Å². The van der Waals surface area contributed by atoms with E-state index in [1.54, 1.807) is 6.07 Å². The summed E-state index contributed by atoms with van der Waals surface area (Å²) in [7, 11) is 0. The van der Waals surface area contributed by atoms with Crippen molar-refractivity contribution in [3.63, 3.8) is 0 Å². The third kappa shape index (κ3) is 2.96. The third-order valence-electron chi connectivity index (χ3n) is 3.70. The second kappa shape index (κ2) is 5.32. The summed E-state index contributed by atoms with van der Waals surface area (Å²) in [4.78, 5) is 0. The van der Waals surface area contributed by atoms with Crippen LogP contribution in [0, 0.1) is 6.92 Å². The predicted octanol–water partition coefficient (Wildman–Crippen LogP) is 3.08. The molecule has 0 aliphatic heterocycles. The molecule has 1 saturated carbocycles. The zero-order valence-corrected chi connectivity index (χ0v) is 11.4. The van der Waals surface area contributed by atoms with Crippen molar-refractivity contribution >= 4 is 11.8 Å². The topological polar surface area (TPSA) is 32.3 Å². The summed E-state index contributed by atoms with van der Waals surface area (Å²) in [6, 6.07) is 5.77. The Balaban J connectivity index is 1.87. The van der Waals surface area contributed by atoms with Gasteiger partial charge in [-0.2, -0.15) is 11.8 Å². The van der Waals surface area contributed by atoms with Gasteiger partial charge in [-0.1, -0.05) is 24.1 Å². The van der Waals surface area contributed by atoms with Crippen molar-refractivity contribution in [3.8, 4) is 5.75 Å². The molecule has 1 aromatic rings. The van der Waals surface area contributed by atoms with Gasteiger partial charge < -0.3 is 10.4 Å². The van der Waals surface area contributed by atoms with E-state index in [1.807, 2.05) is 17.8 Å². The van der Waals surface area contributed by atoms with Gasteiger partial charge in [0.05, 0.1) is 0 Å². The Morgan fingerprint density at radius 3 is 2.76 bits per heavy atom. The second-order valence-corrected chi connectivity index (χ2v) is 6.25. The van der Waals surface area contributed by atoms with Crippen LogP contribution in [0.25, 0.3) is 0 Å². The fraction of sp³-hybridized carbons (Fsp3) is 0.571. The molecule has 17 heavy (non-hydrogen) atoms. The van der Waals surface area contributed by atoms with Crippen LogP contribution in [0.4, 0.5) is 0 Å². The van der Waals surface area contributed by atoms with Gasteiger partial charge in [0.25, 0.3) is 0 Å². The first-order valence-electron chi connectivity index (χ1n) is 6.20. The van der Waals surface area contributed by atoms with Gasteiger partial charge in [0.1, 0.15) is 5.75 Å². The molecule has 1 aliphatic carbocycles. The third-order valence-corrected chi connectivity index (χ3v) is 5.11. The van der Waals surface area contributed by atoms with Crippen molar-refractivity contribution in [3.05, 3.63) is 29.3 Å². The molecule has 0 unspecified atom stereocenters. The van der Waals surface area contributed by atoms with Crippen LogP contribution in [0.5, 0.6) is 5.75 Å². The van der Waals surface area contributed by atoms with Gasteiger partial charge >= 0.3 is 0 Å². The Labute approximate surface area is 108 Å². The Kier molecular flexibility index (Phi) is 4.00. The molecule has 0 atom stereocenters. The molecule has 1 aromatic carbocycles. The molecule has 3 heteroatoms. The molecule has 2 rings (SSSR count). The Hall–Kier alpha value is -0.670. The van der Waals surface area contributed by atoms with Crippen LogP contribution in [0.2, 0.25) is 0 Å². The van der Waals surface area contributed by atoms with E-state index in [4.69, 9.17) is 0 Å². The minimum Gasteiger partial charge on any atom is -0.508 e. The van der Waals surface area contributed by atoms with E-state index in [2.05, 4.69) is 24.6 Å². The molecule has 0 amide bonds. The number of nitrogens with one attached hydrogen (secondary N) is 1. The van der Waals surface area contributed by atoms with Crippen molar-refractivity contribution in [2.75, 3.05) is 12.8 Å². The highest BCUT2D eigenvalue weighted by Crippen LogP contribution is 2.42. The monoisotopic (exact) mass is 251 g/mol. The van der Waals surface area contributed by atoms with Crippen LogP contribution < -0.4 is 5.32 Å². The second-order valence-electron chi connectivity index (χ2n) is 4.98. The molecular formula is C14H21NOS. The molecule has 1 fully saturated rings. The zero-order chi connectivity index (χ0) is 12.3. The number of aryl methyl sites for hydroxylation is 1. The summed E-state index contributed by atoms with van der Waals surface area (Å²) >= 11 is 1.98. The number of rotatable bonds is 5. The zero-order valence-electron chi connectivity index (χ0n) is 10.6. The van der Waals surface area contributed by atoms with Gasteiger partial charge in [0.15, 0.2) is 0 Å². The smallest absolute Gasteiger partial charge is 0.120 e. The first-order valence-corrected chi connectivity index (χ1v) is 7.42. The van der Waals surface area contributed by atoms with E-state index in [9.17, 15) is 5.11 Å². The number of benzene rings is 1. The highest BCUT2D eigenvalue weighted by Gasteiger charge is 2.35. The minimum atomic E-state index is 0.398. The SMILES string of the molecule is CSC1(CNCc2cc(C)ccc2O)CCC1. The number of thioether (sulfide) groups is 1. The van der Waals surface area contributed by atoms with E-state index in [0.29, 0.717) is 10.5 Å². The first kappa shape index (κ1) is 12.8. The van der Waals surface area contributed by atoms with E-state index in [-0.39, 0.29) is 0 Å². The van der Waals surface area contributed by atoms with Gasteiger partial charge in [-0.15, -0.1) is 0 Å². The van der Waals surface area contributed by atoms with Gasteiger partial charge in [-0.3, -0.25) is 0 Å². The molecule has 0 heterocycles. The van der Waals surface area contributed by atoms with Crippen molar-refractivity contribution < 1.29 is 5.11 Å². The lowest BCUT2D eigenvalue weighted by Gasteiger charge is -2.40. The quantitative estimate of drug-likeness (QED) is 0.843. The van der Waals surface area contributed by atoms with Gasteiger partial charge in [-0.05, 0) is 32.1 Å². The van der Waals surface area contributed by atoms with E-state index >= 15 is 0 Å². The molecule has 1 aliphatic rings. The fourth-order valence-corrected chi connectivity index (χ4v) is 3.25. The van der Waals surface area contributed by atoms with Gasteiger partial charge in [0.2, 0.25) is 0 Å². The normalized spacial score (nSPS) is 17.8. The van der Waals surface area contributed by atoms with Crippen LogP contribution in [0.3, 0.4) is 0 Å². The predicted molar refractivity (Wildman–Crippen MR) is 74.6 cm³/mol. The average Bonchev–Trinajstić information content (AvgIpc) is 2.27. The Morgan fingerprint density at radius 2 is 2.18 bits per heavy atom. The molecule has 0 bridgehead atoms. The number of hydrogen-bond acceptors (Lipinski definition) is 3. The maximum Gasteiger partial charge on any atom is 0.120 e. The number of aromatic hydroxyl groups is 1. The average molecular weight is 251 g/mol. The van der Waals surface area contributed by atoms with E-state index in [0.717, 1.165) is 18.7 Å². The number of phenolic OH excluding ortho intramolecular Hbond substituents is 1. The number of hydrogen-bond donors (Lipinski definition) is 2. The maximum absolute atomic E-state index is 9.75. The maximum atomic E-state index is 9.75. The molecule has 0 saturated heterocycles. The first-order chi connectivity index (χ1) is 8.15. The Bertz CT molecular complexity index is 382. The molecule has 0 spiro atoms. The standard InChI is InChI=1S/C14H21NOS/c1-11-4-5-13(16)12(8-11)9-15-10-14(17-2)6-3-7-14/h4-5,8,15-16H,3,6-7,9-10H2,1-2H3. The van der Waals surface area contributed by atoms with Crippen molar-refractivity contribution in [1.82, 2.24) is 5.32 Å². The fourth-order valence-electron chi connectivity index (χ4n) is 2.31. The molecule has 2 nitrogen and oxygen atoms in total. The van der Waals surface area contributed by atoms with Gasteiger partial charge in [0, 0.05) is 23.4 Å².